The lowest BCUT2D eigenvalue weighted by Crippen LogP contribution is -2.47. The van der Waals surface area contributed by atoms with Gasteiger partial charge in [0.25, 0.3) is 0 Å². The largest absolute Gasteiger partial charge is 0.353 e. The molecule has 4 nitrogen and oxygen atoms in total. The lowest BCUT2D eigenvalue weighted by molar-refractivity contribution is -0.135. The third kappa shape index (κ3) is 3.73. The summed E-state index contributed by atoms with van der Waals surface area (Å²) in [5.74, 6) is 0.232. The highest BCUT2D eigenvalue weighted by Crippen LogP contribution is 2.36. The van der Waals surface area contributed by atoms with Crippen LogP contribution < -0.4 is 10.2 Å². The van der Waals surface area contributed by atoms with Crippen molar-refractivity contribution in [2.24, 2.45) is 17.8 Å². The van der Waals surface area contributed by atoms with Crippen LogP contribution in [-0.4, -0.2) is 24.4 Å². The number of benzene rings is 1. The predicted molar refractivity (Wildman–Crippen MR) is 100 cm³/mol. The highest BCUT2D eigenvalue weighted by atomic mass is 16.2. The smallest absolute Gasteiger partial charge is 0.230 e. The molecule has 2 aliphatic rings. The highest BCUT2D eigenvalue weighted by Gasteiger charge is 2.39. The minimum atomic E-state index is -0.185. The number of fused-ring (bicyclic) bond motifs is 1. The molecule has 3 unspecified atom stereocenters. The highest BCUT2D eigenvalue weighted by molar-refractivity contribution is 5.99. The van der Waals surface area contributed by atoms with Crippen LogP contribution in [0.1, 0.15) is 52.0 Å². The van der Waals surface area contributed by atoms with Gasteiger partial charge in [-0.05, 0) is 43.7 Å². The molecule has 25 heavy (non-hydrogen) atoms. The number of amides is 2. The fourth-order valence-corrected chi connectivity index (χ4v) is 4.01. The average Bonchev–Trinajstić information content (AvgIpc) is 3.05. The summed E-state index contributed by atoms with van der Waals surface area (Å²) >= 11 is 0. The van der Waals surface area contributed by atoms with Gasteiger partial charge in [-0.2, -0.15) is 0 Å². The van der Waals surface area contributed by atoms with Gasteiger partial charge in [-0.3, -0.25) is 9.59 Å². The molecule has 3 atom stereocenters. The molecular weight excluding hydrogens is 312 g/mol. The molecular formula is C21H30N2O2. The number of anilines is 1. The van der Waals surface area contributed by atoms with Gasteiger partial charge in [-0.15, -0.1) is 0 Å². The molecule has 1 saturated carbocycles. The molecule has 0 radical (unpaired) electrons. The Kier molecular flexibility index (Phi) is 5.45. The average molecular weight is 342 g/mol. The Bertz CT molecular complexity index is 641. The number of para-hydroxylation sites is 1. The van der Waals surface area contributed by atoms with E-state index in [-0.39, 0.29) is 29.7 Å². The van der Waals surface area contributed by atoms with E-state index in [0.717, 1.165) is 44.3 Å². The summed E-state index contributed by atoms with van der Waals surface area (Å²) in [5, 5.41) is 3.13. The topological polar surface area (TPSA) is 49.4 Å². The Labute approximate surface area is 151 Å². The molecule has 0 saturated heterocycles. The third-order valence-corrected chi connectivity index (χ3v) is 5.94. The maximum absolute atomic E-state index is 13.2. The molecule has 1 aromatic rings. The Morgan fingerprint density at radius 3 is 2.48 bits per heavy atom. The van der Waals surface area contributed by atoms with Crippen LogP contribution in [0.3, 0.4) is 0 Å². The minimum Gasteiger partial charge on any atom is -0.353 e. The number of nitrogens with one attached hydrogen (secondary N) is 1. The Morgan fingerprint density at radius 1 is 1.08 bits per heavy atom. The van der Waals surface area contributed by atoms with Crippen LogP contribution in [0.25, 0.3) is 0 Å². The van der Waals surface area contributed by atoms with E-state index >= 15 is 0 Å². The summed E-state index contributed by atoms with van der Waals surface area (Å²) in [5.41, 5.74) is 2.27. The first-order valence-electron chi connectivity index (χ1n) is 9.68. The van der Waals surface area contributed by atoms with E-state index in [1.807, 2.05) is 30.0 Å². The molecule has 2 amide bonds. The van der Waals surface area contributed by atoms with Crippen LogP contribution in [-0.2, 0) is 16.0 Å². The second-order valence-electron chi connectivity index (χ2n) is 7.91. The monoisotopic (exact) mass is 342 g/mol. The maximum atomic E-state index is 13.2. The molecule has 0 bridgehead atoms. The van der Waals surface area contributed by atoms with Crippen molar-refractivity contribution >= 4 is 17.5 Å². The van der Waals surface area contributed by atoms with Crippen molar-refractivity contribution in [3.63, 3.8) is 0 Å². The fourth-order valence-electron chi connectivity index (χ4n) is 4.01. The molecule has 1 aromatic carbocycles. The van der Waals surface area contributed by atoms with Gasteiger partial charge in [-0.1, -0.05) is 44.9 Å². The van der Waals surface area contributed by atoms with E-state index in [0.29, 0.717) is 5.92 Å². The van der Waals surface area contributed by atoms with Gasteiger partial charge in [0.1, 0.15) is 0 Å². The van der Waals surface area contributed by atoms with Gasteiger partial charge in [0.2, 0.25) is 11.8 Å². The zero-order chi connectivity index (χ0) is 18.0. The van der Waals surface area contributed by atoms with Crippen LogP contribution in [0.15, 0.2) is 24.3 Å². The molecule has 1 aliphatic carbocycles. The summed E-state index contributed by atoms with van der Waals surface area (Å²) in [6.45, 7) is 7.00. The summed E-state index contributed by atoms with van der Waals surface area (Å²) in [6.07, 6.45) is 4.63. The van der Waals surface area contributed by atoms with Gasteiger partial charge in [0.05, 0.1) is 5.92 Å². The van der Waals surface area contributed by atoms with Crippen LogP contribution in [0.4, 0.5) is 5.69 Å². The molecule has 4 heteroatoms. The quantitative estimate of drug-likeness (QED) is 0.910. The maximum Gasteiger partial charge on any atom is 0.230 e. The Morgan fingerprint density at radius 2 is 1.76 bits per heavy atom. The van der Waals surface area contributed by atoms with Crippen molar-refractivity contribution in [2.45, 2.75) is 58.9 Å². The van der Waals surface area contributed by atoms with Crippen molar-refractivity contribution in [3.8, 4) is 0 Å². The molecule has 1 N–H and O–H groups in total. The van der Waals surface area contributed by atoms with E-state index in [4.69, 9.17) is 0 Å². The first-order valence-corrected chi connectivity index (χ1v) is 9.68. The summed E-state index contributed by atoms with van der Waals surface area (Å²) in [7, 11) is 0. The normalized spacial score (nSPS) is 24.1. The number of hydrogen-bond donors (Lipinski definition) is 1. The van der Waals surface area contributed by atoms with Crippen LogP contribution >= 0.6 is 0 Å². The van der Waals surface area contributed by atoms with E-state index in [1.54, 1.807) is 0 Å². The molecule has 136 valence electrons. The molecule has 1 fully saturated rings. The summed E-state index contributed by atoms with van der Waals surface area (Å²) in [4.78, 5) is 28.0. The van der Waals surface area contributed by atoms with Crippen LogP contribution in [0.2, 0.25) is 0 Å². The van der Waals surface area contributed by atoms with Crippen molar-refractivity contribution in [1.82, 2.24) is 5.32 Å². The molecule has 3 rings (SSSR count). The van der Waals surface area contributed by atoms with Crippen LogP contribution in [0.5, 0.6) is 0 Å². The second-order valence-corrected chi connectivity index (χ2v) is 7.91. The SMILES string of the molecule is CC(C)C(C)NC(=O)C1CCCCC1C(=O)N1CCc2ccccc21. The fraction of sp³-hybridized carbons (Fsp3) is 0.619. The first-order chi connectivity index (χ1) is 12.0. The van der Waals surface area contributed by atoms with Crippen molar-refractivity contribution in [1.29, 1.82) is 0 Å². The second kappa shape index (κ2) is 7.59. The van der Waals surface area contributed by atoms with Gasteiger partial charge in [0.15, 0.2) is 0 Å². The van der Waals surface area contributed by atoms with Gasteiger partial charge >= 0.3 is 0 Å². The molecule has 1 aliphatic heterocycles. The van der Waals surface area contributed by atoms with E-state index in [2.05, 4.69) is 25.2 Å². The number of rotatable bonds is 4. The van der Waals surface area contributed by atoms with Crippen molar-refractivity contribution in [2.75, 3.05) is 11.4 Å². The number of carbonyl (C=O) groups excluding carboxylic acids is 2. The molecule has 0 aromatic heterocycles. The van der Waals surface area contributed by atoms with Crippen molar-refractivity contribution < 1.29 is 9.59 Å². The number of carbonyl (C=O) groups is 2. The predicted octanol–water partition coefficient (Wildman–Crippen LogP) is 3.54. The zero-order valence-electron chi connectivity index (χ0n) is 15.6. The minimum absolute atomic E-state index is 0.0618. The lowest BCUT2D eigenvalue weighted by Gasteiger charge is -2.33. The lowest BCUT2D eigenvalue weighted by atomic mass is 9.77. The third-order valence-electron chi connectivity index (χ3n) is 5.94. The number of nitrogens with zero attached hydrogens (tertiary/aromatic N) is 1. The first kappa shape index (κ1) is 18.0. The molecule has 0 spiro atoms. The zero-order valence-corrected chi connectivity index (χ0v) is 15.6. The number of hydrogen-bond acceptors (Lipinski definition) is 2. The van der Waals surface area contributed by atoms with E-state index in [9.17, 15) is 9.59 Å². The van der Waals surface area contributed by atoms with Gasteiger partial charge < -0.3 is 10.2 Å². The van der Waals surface area contributed by atoms with E-state index in [1.165, 1.54) is 5.56 Å². The molecule has 1 heterocycles. The summed E-state index contributed by atoms with van der Waals surface area (Å²) in [6, 6.07) is 8.27. The Balaban J connectivity index is 1.75. The van der Waals surface area contributed by atoms with Crippen molar-refractivity contribution in [3.05, 3.63) is 29.8 Å². The van der Waals surface area contributed by atoms with Gasteiger partial charge in [-0.25, -0.2) is 0 Å². The summed E-state index contributed by atoms with van der Waals surface area (Å²) < 4.78 is 0. The Hall–Kier alpha value is -1.84. The van der Waals surface area contributed by atoms with Gasteiger partial charge in [0, 0.05) is 24.2 Å². The van der Waals surface area contributed by atoms with Crippen LogP contribution in [0, 0.1) is 17.8 Å². The van der Waals surface area contributed by atoms with E-state index < -0.39 is 0 Å². The standard InChI is InChI=1S/C21H30N2O2/c1-14(2)15(3)22-20(24)17-9-5-6-10-18(17)21(25)23-13-12-16-8-4-7-11-19(16)23/h4,7-8,11,14-15,17-18H,5-6,9-10,12-13H2,1-3H3,(H,22,24).